The number of carbonyl (C=O) groups excluding carboxylic acids is 1. The highest BCUT2D eigenvalue weighted by Gasteiger charge is 2.21. The zero-order valence-electron chi connectivity index (χ0n) is 13.8. The number of aromatic nitrogens is 2. The molecule has 0 saturated carbocycles. The van der Waals surface area contributed by atoms with E-state index in [9.17, 15) is 4.79 Å². The molecule has 0 radical (unpaired) electrons. The van der Waals surface area contributed by atoms with Crippen LogP contribution in [0.15, 0.2) is 24.5 Å². The van der Waals surface area contributed by atoms with Crippen molar-refractivity contribution in [2.24, 2.45) is 0 Å². The lowest BCUT2D eigenvalue weighted by molar-refractivity contribution is 0.102. The lowest BCUT2D eigenvalue weighted by Crippen LogP contribution is -2.14. The zero-order valence-corrected chi connectivity index (χ0v) is 14.7. The number of carbonyl (C=O) groups is 1. The van der Waals surface area contributed by atoms with Crippen molar-refractivity contribution in [3.63, 3.8) is 0 Å². The maximum atomic E-state index is 12.6. The van der Waals surface area contributed by atoms with Crippen molar-refractivity contribution in [1.29, 1.82) is 0 Å². The number of nitrogens with one attached hydrogen (secondary N) is 1. The van der Waals surface area contributed by atoms with Crippen LogP contribution in [0.5, 0.6) is 0 Å². The Morgan fingerprint density at radius 2 is 1.96 bits per heavy atom. The summed E-state index contributed by atoms with van der Waals surface area (Å²) in [5.41, 5.74) is 4.29. The summed E-state index contributed by atoms with van der Waals surface area (Å²) in [7, 11) is 0. The molecule has 0 unspecified atom stereocenters. The number of benzene rings is 1. The van der Waals surface area contributed by atoms with Crippen LogP contribution in [0.2, 0.25) is 0 Å². The first-order chi connectivity index (χ1) is 11.6. The molecule has 2 aromatic heterocycles. The van der Waals surface area contributed by atoms with Gasteiger partial charge in [0.05, 0.1) is 5.39 Å². The quantitative estimate of drug-likeness (QED) is 0.752. The molecule has 24 heavy (non-hydrogen) atoms. The van der Waals surface area contributed by atoms with Gasteiger partial charge in [-0.3, -0.25) is 4.79 Å². The molecular formula is C19H19N3OS. The SMILES string of the molecule is Cc1ccc(C(=O)Nc2ncnc3sc4c(c23)CCCC4)cc1C. The second-order valence-electron chi connectivity index (χ2n) is 6.37. The fourth-order valence-electron chi connectivity index (χ4n) is 3.25. The van der Waals surface area contributed by atoms with E-state index in [1.165, 1.54) is 28.8 Å². The lowest BCUT2D eigenvalue weighted by Gasteiger charge is -2.12. The number of anilines is 1. The first-order valence-electron chi connectivity index (χ1n) is 8.27. The van der Waals surface area contributed by atoms with Crippen molar-refractivity contribution in [2.45, 2.75) is 39.5 Å². The molecule has 0 fully saturated rings. The number of nitrogens with zero attached hydrogens (tertiary/aromatic N) is 2. The summed E-state index contributed by atoms with van der Waals surface area (Å²) >= 11 is 1.74. The Hall–Kier alpha value is -2.27. The van der Waals surface area contributed by atoms with E-state index in [0.717, 1.165) is 28.6 Å². The molecule has 1 N–H and O–H groups in total. The normalized spacial score (nSPS) is 13.8. The summed E-state index contributed by atoms with van der Waals surface area (Å²) in [5.74, 6) is 0.525. The summed E-state index contributed by atoms with van der Waals surface area (Å²) in [6.45, 7) is 4.06. The average Bonchev–Trinajstić information content (AvgIpc) is 2.96. The van der Waals surface area contributed by atoms with Crippen LogP contribution in [0.25, 0.3) is 10.2 Å². The highest BCUT2D eigenvalue weighted by atomic mass is 32.1. The third kappa shape index (κ3) is 2.59. The van der Waals surface area contributed by atoms with Crippen molar-refractivity contribution < 1.29 is 4.79 Å². The van der Waals surface area contributed by atoms with E-state index in [-0.39, 0.29) is 5.91 Å². The number of amides is 1. The molecule has 2 heterocycles. The van der Waals surface area contributed by atoms with Gasteiger partial charge >= 0.3 is 0 Å². The van der Waals surface area contributed by atoms with Crippen molar-refractivity contribution in [2.75, 3.05) is 5.32 Å². The molecular weight excluding hydrogens is 318 g/mol. The molecule has 4 rings (SSSR count). The Labute approximate surface area is 145 Å². The molecule has 122 valence electrons. The van der Waals surface area contributed by atoms with Crippen LogP contribution in [0.4, 0.5) is 5.82 Å². The Morgan fingerprint density at radius 1 is 1.12 bits per heavy atom. The second-order valence-corrected chi connectivity index (χ2v) is 7.45. The van der Waals surface area contributed by atoms with Gasteiger partial charge in [-0.25, -0.2) is 9.97 Å². The summed E-state index contributed by atoms with van der Waals surface area (Å²) in [6, 6.07) is 5.76. The monoisotopic (exact) mass is 337 g/mol. The zero-order chi connectivity index (χ0) is 16.7. The molecule has 4 nitrogen and oxygen atoms in total. The van der Waals surface area contributed by atoms with Gasteiger partial charge in [-0.15, -0.1) is 11.3 Å². The number of aryl methyl sites for hydroxylation is 4. The predicted octanol–water partition coefficient (Wildman–Crippen LogP) is 4.44. The molecule has 5 heteroatoms. The summed E-state index contributed by atoms with van der Waals surface area (Å²) in [6.07, 6.45) is 6.13. The minimum Gasteiger partial charge on any atom is -0.306 e. The minimum absolute atomic E-state index is 0.117. The van der Waals surface area contributed by atoms with Crippen molar-refractivity contribution in [1.82, 2.24) is 9.97 Å². The highest BCUT2D eigenvalue weighted by molar-refractivity contribution is 7.19. The maximum absolute atomic E-state index is 12.6. The number of thiophene rings is 1. The fraction of sp³-hybridized carbons (Fsp3) is 0.316. The molecule has 0 aliphatic heterocycles. The van der Waals surface area contributed by atoms with Crippen LogP contribution >= 0.6 is 11.3 Å². The molecule has 1 amide bonds. The van der Waals surface area contributed by atoms with Gasteiger partial charge in [0.25, 0.3) is 5.91 Å². The molecule has 1 aliphatic rings. The van der Waals surface area contributed by atoms with Crippen LogP contribution in [0.1, 0.15) is 44.8 Å². The summed E-state index contributed by atoms with van der Waals surface area (Å²) in [4.78, 5) is 23.8. The van der Waals surface area contributed by atoms with E-state index in [0.29, 0.717) is 11.4 Å². The molecule has 0 spiro atoms. The molecule has 0 saturated heterocycles. The molecule has 0 bridgehead atoms. The smallest absolute Gasteiger partial charge is 0.256 e. The Kier molecular flexibility index (Phi) is 3.81. The lowest BCUT2D eigenvalue weighted by atomic mass is 9.97. The van der Waals surface area contributed by atoms with Crippen molar-refractivity contribution in [3.8, 4) is 0 Å². The average molecular weight is 337 g/mol. The number of hydrogen-bond acceptors (Lipinski definition) is 4. The largest absolute Gasteiger partial charge is 0.306 e. The van der Waals surface area contributed by atoms with Gasteiger partial charge in [0, 0.05) is 10.4 Å². The Balaban J connectivity index is 1.72. The Bertz CT molecular complexity index is 945. The predicted molar refractivity (Wildman–Crippen MR) is 97.9 cm³/mol. The number of rotatable bonds is 2. The van der Waals surface area contributed by atoms with E-state index in [1.54, 1.807) is 17.7 Å². The van der Waals surface area contributed by atoms with E-state index in [4.69, 9.17) is 0 Å². The first-order valence-corrected chi connectivity index (χ1v) is 9.09. The van der Waals surface area contributed by atoms with Crippen molar-refractivity contribution in [3.05, 3.63) is 51.7 Å². The van der Waals surface area contributed by atoms with Gasteiger partial charge in [-0.05, 0) is 68.4 Å². The third-order valence-corrected chi connectivity index (χ3v) is 5.95. The third-order valence-electron chi connectivity index (χ3n) is 4.75. The van der Waals surface area contributed by atoms with E-state index >= 15 is 0 Å². The van der Waals surface area contributed by atoms with Gasteiger partial charge < -0.3 is 5.32 Å². The van der Waals surface area contributed by atoms with Crippen molar-refractivity contribution >= 4 is 33.3 Å². The molecule has 0 atom stereocenters. The minimum atomic E-state index is -0.117. The number of hydrogen-bond donors (Lipinski definition) is 1. The fourth-order valence-corrected chi connectivity index (χ4v) is 4.48. The summed E-state index contributed by atoms with van der Waals surface area (Å²) < 4.78 is 0. The van der Waals surface area contributed by atoms with E-state index in [1.807, 2.05) is 32.0 Å². The van der Waals surface area contributed by atoms with Gasteiger partial charge in [0.2, 0.25) is 0 Å². The first kappa shape index (κ1) is 15.3. The van der Waals surface area contributed by atoms with Gasteiger partial charge in [-0.1, -0.05) is 6.07 Å². The topological polar surface area (TPSA) is 54.9 Å². The van der Waals surface area contributed by atoms with Crippen LogP contribution in [0.3, 0.4) is 0 Å². The van der Waals surface area contributed by atoms with Gasteiger partial charge in [-0.2, -0.15) is 0 Å². The standard InChI is InChI=1S/C19H19N3OS/c1-11-7-8-13(9-12(11)2)18(23)22-17-16-14-5-3-4-6-15(14)24-19(16)21-10-20-17/h7-10H,3-6H2,1-2H3,(H,20,21,22,23). The molecule has 3 aromatic rings. The Morgan fingerprint density at radius 3 is 2.79 bits per heavy atom. The van der Waals surface area contributed by atoms with Crippen LogP contribution in [0, 0.1) is 13.8 Å². The van der Waals surface area contributed by atoms with E-state index < -0.39 is 0 Å². The van der Waals surface area contributed by atoms with Crippen LogP contribution in [-0.2, 0) is 12.8 Å². The number of fused-ring (bicyclic) bond motifs is 3. The van der Waals surface area contributed by atoms with E-state index in [2.05, 4.69) is 15.3 Å². The molecule has 1 aromatic carbocycles. The van der Waals surface area contributed by atoms with Gasteiger partial charge in [0.1, 0.15) is 17.0 Å². The summed E-state index contributed by atoms with van der Waals surface area (Å²) in [5, 5.41) is 4.04. The second kappa shape index (κ2) is 5.98. The molecule has 1 aliphatic carbocycles. The maximum Gasteiger partial charge on any atom is 0.256 e. The van der Waals surface area contributed by atoms with Crippen LogP contribution < -0.4 is 5.32 Å². The van der Waals surface area contributed by atoms with Gasteiger partial charge in [0.15, 0.2) is 0 Å². The highest BCUT2D eigenvalue weighted by Crippen LogP contribution is 2.38. The van der Waals surface area contributed by atoms with Crippen LogP contribution in [-0.4, -0.2) is 15.9 Å².